The zero-order chi connectivity index (χ0) is 14.9. The van der Waals surface area contributed by atoms with Crippen LogP contribution in [0.2, 0.25) is 0 Å². The van der Waals surface area contributed by atoms with Gasteiger partial charge < -0.3 is 10.6 Å². The predicted octanol–water partition coefficient (Wildman–Crippen LogP) is 3.61. The van der Waals surface area contributed by atoms with Crippen LogP contribution in [-0.2, 0) is 11.2 Å². The van der Waals surface area contributed by atoms with Crippen molar-refractivity contribution >= 4 is 27.5 Å². The summed E-state index contributed by atoms with van der Waals surface area (Å²) in [7, 11) is 0. The summed E-state index contributed by atoms with van der Waals surface area (Å²) >= 11 is 3.41. The number of benzene rings is 2. The Morgan fingerprint density at radius 2 is 1.67 bits per heavy atom. The molecule has 2 N–H and O–H groups in total. The van der Waals surface area contributed by atoms with Crippen molar-refractivity contribution in [2.75, 3.05) is 18.4 Å². The Morgan fingerprint density at radius 1 is 0.952 bits per heavy atom. The van der Waals surface area contributed by atoms with Crippen LogP contribution in [-0.4, -0.2) is 19.0 Å². The van der Waals surface area contributed by atoms with Gasteiger partial charge in [0.05, 0.1) is 5.69 Å². The van der Waals surface area contributed by atoms with Gasteiger partial charge in [0.15, 0.2) is 0 Å². The molecular formula is C17H19BrN2O. The van der Waals surface area contributed by atoms with Crippen molar-refractivity contribution in [3.8, 4) is 0 Å². The fourth-order valence-corrected chi connectivity index (χ4v) is 2.36. The standard InChI is InChI=1S/C17H19BrN2O/c18-15-8-4-5-9-16(15)20-17(21)11-13-19-12-10-14-6-2-1-3-7-14/h1-9,19H,10-13H2,(H,20,21). The average Bonchev–Trinajstić information content (AvgIpc) is 2.50. The van der Waals surface area contributed by atoms with E-state index in [2.05, 4.69) is 38.7 Å². The first-order valence-electron chi connectivity index (χ1n) is 7.05. The molecule has 0 aromatic heterocycles. The second-order valence-corrected chi connectivity index (χ2v) is 5.62. The molecule has 0 spiro atoms. The summed E-state index contributed by atoms with van der Waals surface area (Å²) < 4.78 is 0.899. The van der Waals surface area contributed by atoms with E-state index in [-0.39, 0.29) is 5.91 Å². The summed E-state index contributed by atoms with van der Waals surface area (Å²) in [5.74, 6) is 0.0223. The summed E-state index contributed by atoms with van der Waals surface area (Å²) in [4.78, 5) is 11.8. The number of amides is 1. The van der Waals surface area contributed by atoms with Crippen LogP contribution in [0, 0.1) is 0 Å². The van der Waals surface area contributed by atoms with Crippen molar-refractivity contribution in [3.63, 3.8) is 0 Å². The van der Waals surface area contributed by atoms with E-state index >= 15 is 0 Å². The molecule has 0 radical (unpaired) electrons. The molecular weight excluding hydrogens is 328 g/mol. The minimum Gasteiger partial charge on any atom is -0.325 e. The molecule has 0 aliphatic carbocycles. The van der Waals surface area contributed by atoms with Crippen LogP contribution in [0.3, 0.4) is 0 Å². The Morgan fingerprint density at radius 3 is 2.43 bits per heavy atom. The molecule has 4 heteroatoms. The van der Waals surface area contributed by atoms with Gasteiger partial charge in [-0.1, -0.05) is 42.5 Å². The van der Waals surface area contributed by atoms with E-state index < -0.39 is 0 Å². The van der Waals surface area contributed by atoms with Gasteiger partial charge in [0.25, 0.3) is 0 Å². The number of anilines is 1. The molecule has 21 heavy (non-hydrogen) atoms. The molecule has 0 saturated heterocycles. The molecule has 0 heterocycles. The lowest BCUT2D eigenvalue weighted by Gasteiger charge is -2.08. The minimum absolute atomic E-state index is 0.0223. The number of para-hydroxylation sites is 1. The fourth-order valence-electron chi connectivity index (χ4n) is 1.98. The van der Waals surface area contributed by atoms with Crippen molar-refractivity contribution in [2.45, 2.75) is 12.8 Å². The summed E-state index contributed by atoms with van der Waals surface area (Å²) in [6, 6.07) is 17.9. The Balaban J connectivity index is 1.63. The van der Waals surface area contributed by atoms with Gasteiger partial charge >= 0.3 is 0 Å². The fraction of sp³-hybridized carbons (Fsp3) is 0.235. The molecule has 2 aromatic carbocycles. The van der Waals surface area contributed by atoms with E-state index in [0.717, 1.165) is 23.1 Å². The van der Waals surface area contributed by atoms with Crippen molar-refractivity contribution in [1.82, 2.24) is 5.32 Å². The van der Waals surface area contributed by atoms with Crippen LogP contribution in [0.1, 0.15) is 12.0 Å². The molecule has 0 saturated carbocycles. The summed E-state index contributed by atoms with van der Waals surface area (Å²) in [5.41, 5.74) is 2.12. The smallest absolute Gasteiger partial charge is 0.225 e. The Bertz CT molecular complexity index is 572. The number of rotatable bonds is 7. The van der Waals surface area contributed by atoms with Gasteiger partial charge in [-0.3, -0.25) is 4.79 Å². The van der Waals surface area contributed by atoms with Crippen molar-refractivity contribution in [2.24, 2.45) is 0 Å². The SMILES string of the molecule is O=C(CCNCCc1ccccc1)Nc1ccccc1Br. The third-order valence-corrected chi connectivity index (χ3v) is 3.80. The van der Waals surface area contributed by atoms with Crippen LogP contribution in [0.25, 0.3) is 0 Å². The average molecular weight is 347 g/mol. The number of nitrogens with one attached hydrogen (secondary N) is 2. The minimum atomic E-state index is 0.0223. The Hall–Kier alpha value is -1.65. The van der Waals surface area contributed by atoms with Crippen LogP contribution >= 0.6 is 15.9 Å². The molecule has 1 amide bonds. The van der Waals surface area contributed by atoms with Crippen LogP contribution in [0.15, 0.2) is 59.1 Å². The van der Waals surface area contributed by atoms with Gasteiger partial charge in [0.1, 0.15) is 0 Å². The normalized spacial score (nSPS) is 10.3. The molecule has 110 valence electrons. The molecule has 0 atom stereocenters. The van der Waals surface area contributed by atoms with Gasteiger partial charge in [0.2, 0.25) is 5.91 Å². The molecule has 0 aliphatic rings. The quantitative estimate of drug-likeness (QED) is 0.752. The lowest BCUT2D eigenvalue weighted by atomic mass is 10.1. The topological polar surface area (TPSA) is 41.1 Å². The van der Waals surface area contributed by atoms with E-state index in [1.54, 1.807) is 0 Å². The second kappa shape index (κ2) is 8.60. The van der Waals surface area contributed by atoms with Gasteiger partial charge in [-0.15, -0.1) is 0 Å². The van der Waals surface area contributed by atoms with Crippen LogP contribution < -0.4 is 10.6 Å². The molecule has 3 nitrogen and oxygen atoms in total. The van der Waals surface area contributed by atoms with E-state index in [4.69, 9.17) is 0 Å². The maximum absolute atomic E-state index is 11.8. The highest BCUT2D eigenvalue weighted by molar-refractivity contribution is 9.10. The Kier molecular flexibility index (Phi) is 6.44. The lowest BCUT2D eigenvalue weighted by Crippen LogP contribution is -2.23. The van der Waals surface area contributed by atoms with Crippen LogP contribution in [0.4, 0.5) is 5.69 Å². The molecule has 2 aromatic rings. The van der Waals surface area contributed by atoms with Gasteiger partial charge in [-0.2, -0.15) is 0 Å². The lowest BCUT2D eigenvalue weighted by molar-refractivity contribution is -0.116. The molecule has 0 unspecified atom stereocenters. The number of halogens is 1. The number of hydrogen-bond donors (Lipinski definition) is 2. The number of carbonyl (C=O) groups excluding carboxylic acids is 1. The largest absolute Gasteiger partial charge is 0.325 e. The zero-order valence-corrected chi connectivity index (χ0v) is 13.4. The monoisotopic (exact) mass is 346 g/mol. The summed E-state index contributed by atoms with van der Waals surface area (Å²) in [6.45, 7) is 1.56. The highest BCUT2D eigenvalue weighted by Gasteiger charge is 2.04. The van der Waals surface area contributed by atoms with Gasteiger partial charge in [0, 0.05) is 17.4 Å². The molecule has 0 aliphatic heterocycles. The third-order valence-electron chi connectivity index (χ3n) is 3.11. The van der Waals surface area contributed by atoms with Crippen LogP contribution in [0.5, 0.6) is 0 Å². The maximum atomic E-state index is 11.8. The first-order chi connectivity index (χ1) is 10.3. The van der Waals surface area contributed by atoms with Crippen molar-refractivity contribution < 1.29 is 4.79 Å². The summed E-state index contributed by atoms with van der Waals surface area (Å²) in [6.07, 6.45) is 1.45. The van der Waals surface area contributed by atoms with Gasteiger partial charge in [-0.05, 0) is 46.6 Å². The number of hydrogen-bond acceptors (Lipinski definition) is 2. The van der Waals surface area contributed by atoms with E-state index in [0.29, 0.717) is 13.0 Å². The second-order valence-electron chi connectivity index (χ2n) is 4.76. The Labute approximate surface area is 133 Å². The highest BCUT2D eigenvalue weighted by atomic mass is 79.9. The summed E-state index contributed by atoms with van der Waals surface area (Å²) in [5, 5.41) is 6.19. The third kappa shape index (κ3) is 5.69. The van der Waals surface area contributed by atoms with E-state index in [1.807, 2.05) is 42.5 Å². The van der Waals surface area contributed by atoms with Crippen molar-refractivity contribution in [1.29, 1.82) is 0 Å². The molecule has 0 bridgehead atoms. The first kappa shape index (κ1) is 15.7. The van der Waals surface area contributed by atoms with E-state index in [9.17, 15) is 4.79 Å². The predicted molar refractivity (Wildman–Crippen MR) is 90.4 cm³/mol. The maximum Gasteiger partial charge on any atom is 0.225 e. The molecule has 2 rings (SSSR count). The number of carbonyl (C=O) groups is 1. The van der Waals surface area contributed by atoms with Gasteiger partial charge in [-0.25, -0.2) is 0 Å². The van der Waals surface area contributed by atoms with Crippen molar-refractivity contribution in [3.05, 3.63) is 64.6 Å². The molecule has 0 fully saturated rings. The first-order valence-corrected chi connectivity index (χ1v) is 7.84. The van der Waals surface area contributed by atoms with E-state index in [1.165, 1.54) is 5.56 Å². The highest BCUT2D eigenvalue weighted by Crippen LogP contribution is 2.21. The zero-order valence-electron chi connectivity index (χ0n) is 11.8.